The van der Waals surface area contributed by atoms with Gasteiger partial charge >= 0.3 is 11.4 Å². The normalized spacial score (nSPS) is 23.7. The second-order valence-electron chi connectivity index (χ2n) is 21.1. The Kier molecular flexibility index (Phi) is 10.2. The number of ether oxygens (including phenoxy) is 1. The first-order chi connectivity index (χ1) is 33.5. The Morgan fingerprint density at radius 1 is 0.929 bits per heavy atom. The highest BCUT2D eigenvalue weighted by Gasteiger charge is 2.59. The van der Waals surface area contributed by atoms with E-state index < -0.39 is 23.0 Å². The number of fused-ring (bicyclic) bond motifs is 5. The van der Waals surface area contributed by atoms with Crippen LogP contribution in [0.2, 0.25) is 5.02 Å². The first-order valence-corrected chi connectivity index (χ1v) is 24.9. The molecule has 3 aromatic carbocycles. The zero-order valence-electron chi connectivity index (χ0n) is 40.1. The van der Waals surface area contributed by atoms with Crippen molar-refractivity contribution in [2.75, 3.05) is 18.6 Å². The maximum atomic E-state index is 16.0. The first kappa shape index (κ1) is 44.7. The molecule has 2 saturated carbocycles. The van der Waals surface area contributed by atoms with Gasteiger partial charge in [-0.15, -0.1) is 0 Å². The fourth-order valence-corrected chi connectivity index (χ4v) is 12.5. The molecular weight excluding hydrogens is 913 g/mol. The van der Waals surface area contributed by atoms with Crippen LogP contribution in [-0.2, 0) is 21.5 Å². The Hall–Kier alpha value is -6.52. The predicted octanol–water partition coefficient (Wildman–Crippen LogP) is 8.98. The molecule has 15 nitrogen and oxygen atoms in total. The van der Waals surface area contributed by atoms with Crippen molar-refractivity contribution < 1.29 is 23.2 Å². The van der Waals surface area contributed by atoms with Gasteiger partial charge in [0.25, 0.3) is 5.91 Å². The average Bonchev–Trinajstić information content (AvgIpc) is 4.05. The van der Waals surface area contributed by atoms with Gasteiger partial charge in [-0.2, -0.15) is 5.10 Å². The van der Waals surface area contributed by atoms with Crippen molar-refractivity contribution in [2.45, 2.75) is 122 Å². The lowest BCUT2D eigenvalue weighted by Crippen LogP contribution is -2.50. The lowest BCUT2D eigenvalue weighted by Gasteiger charge is -2.46. The largest absolute Gasteiger partial charge is 0.438 e. The third-order valence-electron chi connectivity index (χ3n) is 15.9. The van der Waals surface area contributed by atoms with Crippen molar-refractivity contribution in [3.8, 4) is 17.2 Å². The van der Waals surface area contributed by atoms with Gasteiger partial charge in [-0.25, -0.2) is 18.7 Å². The maximum absolute atomic E-state index is 16.0. The molecule has 0 spiro atoms. The van der Waals surface area contributed by atoms with Gasteiger partial charge in [0.2, 0.25) is 5.91 Å². The molecule has 2 saturated heterocycles. The Morgan fingerprint density at radius 2 is 1.69 bits per heavy atom. The van der Waals surface area contributed by atoms with Gasteiger partial charge in [-0.1, -0.05) is 29.7 Å². The number of benzene rings is 3. The number of rotatable bonds is 9. The van der Waals surface area contributed by atoms with Gasteiger partial charge < -0.3 is 19.1 Å². The fourth-order valence-electron chi connectivity index (χ4n) is 12.2. The number of hydrogen-bond acceptors (Lipinski definition) is 8. The minimum atomic E-state index is -0.842. The number of amides is 2. The van der Waals surface area contributed by atoms with E-state index in [9.17, 15) is 14.4 Å². The maximum Gasteiger partial charge on any atom is 0.438 e. The van der Waals surface area contributed by atoms with Gasteiger partial charge in [0.1, 0.15) is 22.9 Å². The lowest BCUT2D eigenvalue weighted by molar-refractivity contribution is -0.119. The molecule has 2 bridgehead atoms. The van der Waals surface area contributed by atoms with Gasteiger partial charge in [0, 0.05) is 60.9 Å². The van der Waals surface area contributed by atoms with Crippen molar-refractivity contribution in [2.24, 2.45) is 11.8 Å². The van der Waals surface area contributed by atoms with Crippen LogP contribution < -0.4 is 16.3 Å². The number of anilines is 1. The van der Waals surface area contributed by atoms with E-state index in [2.05, 4.69) is 53.7 Å². The number of nitrogens with zero attached hydrogens (tertiary/aromatic N) is 8. The van der Waals surface area contributed by atoms with Crippen molar-refractivity contribution in [1.82, 2.24) is 38.5 Å². The Morgan fingerprint density at radius 3 is 2.37 bits per heavy atom. The number of aromatic nitrogens is 7. The molecule has 1 N–H and O–H groups in total. The van der Waals surface area contributed by atoms with E-state index in [1.165, 1.54) is 10.1 Å². The van der Waals surface area contributed by atoms with Crippen LogP contribution in [0.3, 0.4) is 0 Å². The summed E-state index contributed by atoms with van der Waals surface area (Å²) in [5, 5.41) is 10.7. The summed E-state index contributed by atoms with van der Waals surface area (Å²) in [6, 6.07) is 16.4. The summed E-state index contributed by atoms with van der Waals surface area (Å²) in [5.41, 5.74) is 5.02. The van der Waals surface area contributed by atoms with Crippen LogP contribution in [0, 0.1) is 31.5 Å². The first-order valence-electron chi connectivity index (χ1n) is 24.5. The van der Waals surface area contributed by atoms with E-state index in [0.717, 1.165) is 60.7 Å². The van der Waals surface area contributed by atoms with Gasteiger partial charge in [-0.05, 0) is 156 Å². The minimum Gasteiger partial charge on any atom is -0.376 e. The monoisotopic (exact) mass is 967 g/mol. The molecule has 7 heterocycles. The molecule has 7 aromatic rings. The summed E-state index contributed by atoms with van der Waals surface area (Å²) in [4.78, 5) is 62.9. The summed E-state index contributed by atoms with van der Waals surface area (Å²) in [6.45, 7) is 10.4. The highest BCUT2D eigenvalue weighted by atomic mass is 35.5. The third kappa shape index (κ3) is 6.98. The van der Waals surface area contributed by atoms with Crippen molar-refractivity contribution in [3.05, 3.63) is 138 Å². The Labute approximate surface area is 407 Å². The van der Waals surface area contributed by atoms with Crippen LogP contribution in [-0.4, -0.2) is 75.6 Å². The zero-order chi connectivity index (χ0) is 48.7. The summed E-state index contributed by atoms with van der Waals surface area (Å²) in [6.07, 6.45) is 10.1. The van der Waals surface area contributed by atoms with Crippen LogP contribution in [0.1, 0.15) is 128 Å². The molecule has 4 aromatic heterocycles. The summed E-state index contributed by atoms with van der Waals surface area (Å²) < 4.78 is 33.4. The van der Waals surface area contributed by atoms with E-state index >= 15 is 9.18 Å². The van der Waals surface area contributed by atoms with E-state index in [-0.39, 0.29) is 47.0 Å². The molecule has 70 heavy (non-hydrogen) atoms. The summed E-state index contributed by atoms with van der Waals surface area (Å²) in [7, 11) is 1.71. The van der Waals surface area contributed by atoms with Crippen LogP contribution in [0.25, 0.3) is 28.1 Å². The second-order valence-corrected chi connectivity index (χ2v) is 21.5. The van der Waals surface area contributed by atoms with Crippen molar-refractivity contribution >= 4 is 40.0 Å². The fraction of sp³-hybridized carbons (Fsp3) is 0.434. The topological polar surface area (TPSA) is 158 Å². The zero-order valence-corrected chi connectivity index (χ0v) is 40.8. The molecule has 17 heteroatoms. The molecular formula is C53H55ClFN9O6. The highest BCUT2D eigenvalue weighted by Crippen LogP contribution is 2.56. The number of aromatic amines is 1. The molecule has 0 radical (unpaired) electrons. The second kappa shape index (κ2) is 16.0. The molecule has 362 valence electrons. The van der Waals surface area contributed by atoms with Crippen molar-refractivity contribution in [1.29, 1.82) is 0 Å². The molecule has 3 aliphatic heterocycles. The average molecular weight is 969 g/mol. The standard InChI is InChI=1S/C53H55ClFN9O6/c1-28-20-37(21-29(2)45(28)55)64-46(61-18-17-60(51(61)68)35-13-15-41(38(54)24-35)59(6)47(65)31-10-11-31)44-39(57-64)25-36-8-7-9-42(44)62(36)48(66)43-23-34-22-32(33-16-19-69-52(4,5)27-33)12-14-40(34)63(43)53(26-30(53)3)49-56-50(67)70-58-49/h12-15,17-18,20-24,30-31,33,36,42H,7-11,16,19,25-27H2,1-6H3,(H,56,58,67)/t30-,33-,36+,42-,53-/m0/s1. The number of hydrogen-bond donors (Lipinski definition) is 1. The van der Waals surface area contributed by atoms with Gasteiger partial charge in [0.05, 0.1) is 39.4 Å². The number of halogens is 2. The van der Waals surface area contributed by atoms with Gasteiger partial charge in [-0.3, -0.25) is 28.2 Å². The lowest BCUT2D eigenvalue weighted by atomic mass is 9.82. The number of aryl methyl sites for hydroxylation is 2. The van der Waals surface area contributed by atoms with Crippen LogP contribution in [0.4, 0.5) is 10.1 Å². The smallest absolute Gasteiger partial charge is 0.376 e. The quantitative estimate of drug-likeness (QED) is 0.150. The molecule has 0 unspecified atom stereocenters. The highest BCUT2D eigenvalue weighted by molar-refractivity contribution is 6.34. The third-order valence-corrected chi connectivity index (χ3v) is 16.3. The van der Waals surface area contributed by atoms with E-state index in [4.69, 9.17) is 26.0 Å². The number of piperidine rings is 1. The molecule has 12 rings (SSSR count). The number of carbonyl (C=O) groups excluding carboxylic acids is 2. The molecule has 2 amide bonds. The predicted molar refractivity (Wildman–Crippen MR) is 261 cm³/mol. The van der Waals surface area contributed by atoms with E-state index in [1.54, 1.807) is 77.8 Å². The van der Waals surface area contributed by atoms with Crippen LogP contribution >= 0.6 is 11.6 Å². The number of imidazole rings is 1. The van der Waals surface area contributed by atoms with Gasteiger partial charge in [0.15, 0.2) is 5.82 Å². The van der Waals surface area contributed by atoms with E-state index in [0.29, 0.717) is 76.4 Å². The Balaban J connectivity index is 0.999. The Bertz CT molecular complexity index is 3420. The summed E-state index contributed by atoms with van der Waals surface area (Å²) in [5.74, 6) is -0.0106. The van der Waals surface area contributed by atoms with Crippen molar-refractivity contribution in [3.63, 3.8) is 0 Å². The van der Waals surface area contributed by atoms with E-state index in [1.807, 2.05) is 11.0 Å². The molecule has 5 aliphatic rings. The van der Waals surface area contributed by atoms with Crippen LogP contribution in [0.5, 0.6) is 0 Å². The number of nitrogens with one attached hydrogen (secondary N) is 1. The molecule has 5 atom stereocenters. The minimum absolute atomic E-state index is 0.00540. The number of H-pyrrole nitrogens is 1. The number of carbonyl (C=O) groups is 2. The molecule has 2 aliphatic carbocycles. The van der Waals surface area contributed by atoms with Crippen LogP contribution in [0.15, 0.2) is 81.1 Å². The molecule has 4 fully saturated rings. The SMILES string of the molecule is Cc1cc(-n2nc3c(c2-n2ccn(-c4ccc(N(C)C(=O)C5CC5)c(Cl)c4)c2=O)[C@@H]2CCC[C@H](C3)N2C(=O)c2cc3cc([C@H]4CCOC(C)(C)C4)ccc3n2[C@@]2(c3noc(=O)[nH]3)C[C@@H]2C)cc(C)c1F. The summed E-state index contributed by atoms with van der Waals surface area (Å²) >= 11 is 6.84.